The predicted octanol–water partition coefficient (Wildman–Crippen LogP) is 3.85. The highest BCUT2D eigenvalue weighted by molar-refractivity contribution is 5.23. The summed E-state index contributed by atoms with van der Waals surface area (Å²) in [6, 6.07) is 0.541. The number of allylic oxidation sites excluding steroid dienone is 1. The summed E-state index contributed by atoms with van der Waals surface area (Å²) in [6.45, 7) is 15.3. The summed E-state index contributed by atoms with van der Waals surface area (Å²) >= 11 is 0. The molecule has 96 valence electrons. The number of methoxy groups -OCH3 is 1. The van der Waals surface area contributed by atoms with Crippen LogP contribution in [0.2, 0.25) is 0 Å². The van der Waals surface area contributed by atoms with E-state index in [1.165, 1.54) is 6.42 Å². The van der Waals surface area contributed by atoms with Crippen LogP contribution in [-0.4, -0.2) is 31.6 Å². The topological polar surface area (TPSA) is 12.5 Å². The molecule has 0 aliphatic rings. The van der Waals surface area contributed by atoms with Crippen molar-refractivity contribution in [3.63, 3.8) is 0 Å². The molecule has 0 rings (SSSR count). The van der Waals surface area contributed by atoms with Crippen molar-refractivity contribution in [1.82, 2.24) is 4.90 Å². The third-order valence-electron chi connectivity index (χ3n) is 2.25. The maximum atomic E-state index is 5.09. The van der Waals surface area contributed by atoms with Crippen LogP contribution in [-0.2, 0) is 4.74 Å². The molecule has 0 bridgehead atoms. The lowest BCUT2D eigenvalue weighted by atomic mass is 10.2. The van der Waals surface area contributed by atoms with Crippen LogP contribution < -0.4 is 0 Å². The van der Waals surface area contributed by atoms with Crippen LogP contribution in [0.25, 0.3) is 0 Å². The molecule has 0 aliphatic heterocycles. The fraction of sp³-hybridized carbons (Fsp3) is 0.714. The van der Waals surface area contributed by atoms with Crippen LogP contribution >= 0.6 is 0 Å². The molecule has 0 saturated carbocycles. The molecule has 0 atom stereocenters. The number of likely N-dealkylation sites (N-methyl/N-ethyl adjacent to an activating group) is 1. The van der Waals surface area contributed by atoms with Gasteiger partial charge < -0.3 is 4.74 Å². The number of hydrogen-bond donors (Lipinski definition) is 0. The van der Waals surface area contributed by atoms with Gasteiger partial charge in [0.2, 0.25) is 0 Å². The Labute approximate surface area is 102 Å². The van der Waals surface area contributed by atoms with Gasteiger partial charge in [0, 0.05) is 18.2 Å². The highest BCUT2D eigenvalue weighted by Crippen LogP contribution is 2.10. The van der Waals surface area contributed by atoms with Crippen molar-refractivity contribution < 1.29 is 4.74 Å². The Morgan fingerprint density at radius 2 is 1.81 bits per heavy atom. The van der Waals surface area contributed by atoms with Gasteiger partial charge in [0.15, 0.2) is 0 Å². The largest absolute Gasteiger partial charge is 0.497 e. The fourth-order valence-electron chi connectivity index (χ4n) is 0.923. The summed E-state index contributed by atoms with van der Waals surface area (Å²) in [7, 11) is 3.75. The Balaban J connectivity index is 0. The van der Waals surface area contributed by atoms with E-state index in [-0.39, 0.29) is 0 Å². The van der Waals surface area contributed by atoms with Crippen molar-refractivity contribution in [2.45, 2.75) is 47.1 Å². The van der Waals surface area contributed by atoms with E-state index in [0.29, 0.717) is 6.04 Å². The first-order valence-electron chi connectivity index (χ1n) is 6.03. The van der Waals surface area contributed by atoms with Gasteiger partial charge in [-0.1, -0.05) is 32.9 Å². The molecule has 0 heterocycles. The number of hydrogen-bond acceptors (Lipinski definition) is 2. The Bertz CT molecular complexity index is 207. The summed E-state index contributed by atoms with van der Waals surface area (Å²) in [5.74, 6) is 0.759. The average Bonchev–Trinajstić information content (AvgIpc) is 2.25. The quantitative estimate of drug-likeness (QED) is 0.522. The summed E-state index contributed by atoms with van der Waals surface area (Å²) in [4.78, 5) is 2.25. The molecule has 16 heavy (non-hydrogen) atoms. The summed E-state index contributed by atoms with van der Waals surface area (Å²) in [6.07, 6.45) is 3.30. The number of nitrogens with zero attached hydrogens (tertiary/aromatic N) is 1. The highest BCUT2D eigenvalue weighted by Gasteiger charge is 2.08. The molecule has 0 aliphatic carbocycles. The second kappa shape index (κ2) is 10.7. The van der Waals surface area contributed by atoms with Gasteiger partial charge in [-0.05, 0) is 27.8 Å². The van der Waals surface area contributed by atoms with Gasteiger partial charge in [0.1, 0.15) is 5.76 Å². The Hall–Kier alpha value is -0.760. The smallest absolute Gasteiger partial charge is 0.115 e. The summed E-state index contributed by atoms with van der Waals surface area (Å²) in [5.41, 5.74) is 1.15. The Kier molecular flexibility index (Phi) is 11.8. The van der Waals surface area contributed by atoms with Crippen molar-refractivity contribution >= 4 is 0 Å². The zero-order chi connectivity index (χ0) is 13.1. The monoisotopic (exact) mass is 227 g/mol. The van der Waals surface area contributed by atoms with Gasteiger partial charge >= 0.3 is 0 Å². The van der Waals surface area contributed by atoms with Gasteiger partial charge in [0.05, 0.1) is 7.11 Å². The van der Waals surface area contributed by atoms with Crippen LogP contribution in [0.15, 0.2) is 24.0 Å². The molecular weight excluding hydrogens is 198 g/mol. The molecule has 0 saturated heterocycles. The first-order valence-corrected chi connectivity index (χ1v) is 6.03. The van der Waals surface area contributed by atoms with Gasteiger partial charge in [-0.2, -0.15) is 0 Å². The zero-order valence-electron chi connectivity index (χ0n) is 12.1. The Morgan fingerprint density at radius 1 is 1.38 bits per heavy atom. The molecule has 0 N–H and O–H groups in total. The van der Waals surface area contributed by atoms with Crippen LogP contribution in [0.1, 0.15) is 41.0 Å². The van der Waals surface area contributed by atoms with Crippen molar-refractivity contribution in [3.8, 4) is 0 Å². The van der Waals surface area contributed by atoms with Crippen molar-refractivity contribution in [1.29, 1.82) is 0 Å². The van der Waals surface area contributed by atoms with Crippen LogP contribution in [0, 0.1) is 0 Å². The van der Waals surface area contributed by atoms with E-state index in [1.54, 1.807) is 7.11 Å². The summed E-state index contributed by atoms with van der Waals surface area (Å²) in [5, 5.41) is 0. The highest BCUT2D eigenvalue weighted by atomic mass is 16.5. The van der Waals surface area contributed by atoms with E-state index in [2.05, 4.69) is 46.2 Å². The predicted molar refractivity (Wildman–Crippen MR) is 73.6 cm³/mol. The van der Waals surface area contributed by atoms with Gasteiger partial charge in [-0.15, -0.1) is 0 Å². The van der Waals surface area contributed by atoms with E-state index in [1.807, 2.05) is 13.0 Å². The average molecular weight is 227 g/mol. The lowest BCUT2D eigenvalue weighted by Gasteiger charge is -2.22. The van der Waals surface area contributed by atoms with E-state index < -0.39 is 0 Å². The molecule has 0 aromatic rings. The molecule has 0 radical (unpaired) electrons. The van der Waals surface area contributed by atoms with Gasteiger partial charge in [-0.25, -0.2) is 0 Å². The van der Waals surface area contributed by atoms with Crippen LogP contribution in [0.3, 0.4) is 0 Å². The minimum Gasteiger partial charge on any atom is -0.497 e. The third kappa shape index (κ3) is 8.54. The molecule has 0 fully saturated rings. The molecule has 0 unspecified atom stereocenters. The minimum atomic E-state index is 0.541. The van der Waals surface area contributed by atoms with Gasteiger partial charge in [-0.3, -0.25) is 4.90 Å². The SMILES string of the molecule is C=C(OC)/C(=C\C)CN(C)C(C)C.CCC. The first kappa shape index (κ1) is 17.6. The summed E-state index contributed by atoms with van der Waals surface area (Å²) < 4.78 is 5.09. The van der Waals surface area contributed by atoms with Crippen LogP contribution in [0.4, 0.5) is 0 Å². The first-order chi connectivity index (χ1) is 7.44. The van der Waals surface area contributed by atoms with Gasteiger partial charge in [0.25, 0.3) is 0 Å². The number of rotatable bonds is 5. The third-order valence-corrected chi connectivity index (χ3v) is 2.25. The minimum absolute atomic E-state index is 0.541. The standard InChI is InChI=1S/C11H21NO.C3H8/c1-7-11(10(4)13-6)8-12(5)9(2)3;1-3-2/h7,9H,4,8H2,1-3,5-6H3;3H2,1-2H3/b11-7-;. The second-order valence-electron chi connectivity index (χ2n) is 4.16. The van der Waals surface area contributed by atoms with Crippen molar-refractivity contribution in [2.24, 2.45) is 0 Å². The normalized spacial score (nSPS) is 11.2. The van der Waals surface area contributed by atoms with E-state index >= 15 is 0 Å². The zero-order valence-corrected chi connectivity index (χ0v) is 12.1. The lowest BCUT2D eigenvalue weighted by Crippen LogP contribution is -2.28. The molecule has 0 spiro atoms. The second-order valence-corrected chi connectivity index (χ2v) is 4.16. The number of ether oxygens (including phenoxy) is 1. The van der Waals surface area contributed by atoms with E-state index in [0.717, 1.165) is 17.9 Å². The van der Waals surface area contributed by atoms with Crippen molar-refractivity contribution in [2.75, 3.05) is 20.7 Å². The maximum absolute atomic E-state index is 5.09. The van der Waals surface area contributed by atoms with E-state index in [9.17, 15) is 0 Å². The molecule has 2 nitrogen and oxygen atoms in total. The van der Waals surface area contributed by atoms with Crippen LogP contribution in [0.5, 0.6) is 0 Å². The van der Waals surface area contributed by atoms with E-state index in [4.69, 9.17) is 4.74 Å². The maximum Gasteiger partial charge on any atom is 0.115 e. The lowest BCUT2D eigenvalue weighted by molar-refractivity contribution is 0.267. The molecule has 2 heteroatoms. The van der Waals surface area contributed by atoms with Crippen molar-refractivity contribution in [3.05, 3.63) is 24.0 Å². The molecule has 0 aromatic heterocycles. The molecule has 0 amide bonds. The molecule has 0 aromatic carbocycles. The Morgan fingerprint density at radius 3 is 2.06 bits per heavy atom. The fourth-order valence-corrected chi connectivity index (χ4v) is 0.923. The molecular formula is C14H29NO.